The Kier molecular flexibility index (Phi) is 5.71. The summed E-state index contributed by atoms with van der Waals surface area (Å²) in [5.74, 6) is 1.25. The zero-order valence-electron chi connectivity index (χ0n) is 11.7. The molecule has 19 heavy (non-hydrogen) atoms. The molecule has 1 aliphatic heterocycles. The molecule has 0 radical (unpaired) electrons. The standard InChI is InChI=1S/C16H24BrNO/c1-2-4-13-5-3-9-18(10-8-13)12-14-6-7-16(19)15(17)11-14/h6-7,11,13,19H,2-5,8-10,12H2,1H3. The van der Waals surface area contributed by atoms with Crippen molar-refractivity contribution in [3.05, 3.63) is 28.2 Å². The molecule has 1 fully saturated rings. The molecule has 0 amide bonds. The Morgan fingerprint density at radius 3 is 2.89 bits per heavy atom. The normalized spacial score (nSPS) is 21.3. The van der Waals surface area contributed by atoms with Gasteiger partial charge < -0.3 is 5.11 Å². The van der Waals surface area contributed by atoms with Gasteiger partial charge in [0.05, 0.1) is 4.47 Å². The van der Waals surface area contributed by atoms with E-state index in [1.165, 1.54) is 50.8 Å². The van der Waals surface area contributed by atoms with Crippen molar-refractivity contribution < 1.29 is 5.11 Å². The second-order valence-electron chi connectivity index (χ2n) is 5.65. The Balaban J connectivity index is 1.90. The SMILES string of the molecule is CCCC1CCCN(Cc2ccc(O)c(Br)c2)CC1. The maximum atomic E-state index is 9.53. The summed E-state index contributed by atoms with van der Waals surface area (Å²) in [6.07, 6.45) is 6.76. The van der Waals surface area contributed by atoms with E-state index in [1.54, 1.807) is 6.07 Å². The van der Waals surface area contributed by atoms with Crippen LogP contribution < -0.4 is 0 Å². The molecule has 3 heteroatoms. The van der Waals surface area contributed by atoms with Crippen molar-refractivity contribution in [2.24, 2.45) is 5.92 Å². The highest BCUT2D eigenvalue weighted by atomic mass is 79.9. The van der Waals surface area contributed by atoms with E-state index >= 15 is 0 Å². The molecule has 1 aromatic rings. The van der Waals surface area contributed by atoms with Gasteiger partial charge >= 0.3 is 0 Å². The van der Waals surface area contributed by atoms with Crippen molar-refractivity contribution in [3.63, 3.8) is 0 Å². The molecule has 0 saturated carbocycles. The quantitative estimate of drug-likeness (QED) is 0.877. The highest BCUT2D eigenvalue weighted by Gasteiger charge is 2.16. The monoisotopic (exact) mass is 325 g/mol. The number of nitrogens with zero attached hydrogens (tertiary/aromatic N) is 1. The lowest BCUT2D eigenvalue weighted by Crippen LogP contribution is -2.24. The minimum absolute atomic E-state index is 0.322. The smallest absolute Gasteiger partial charge is 0.129 e. The summed E-state index contributed by atoms with van der Waals surface area (Å²) in [7, 11) is 0. The van der Waals surface area contributed by atoms with Gasteiger partial charge in [0.15, 0.2) is 0 Å². The van der Waals surface area contributed by atoms with Crippen LogP contribution in [0.3, 0.4) is 0 Å². The minimum atomic E-state index is 0.322. The summed E-state index contributed by atoms with van der Waals surface area (Å²) < 4.78 is 0.795. The fourth-order valence-electron chi connectivity index (χ4n) is 2.99. The highest BCUT2D eigenvalue weighted by Crippen LogP contribution is 2.26. The van der Waals surface area contributed by atoms with Crippen LogP contribution in [0.1, 0.15) is 44.6 Å². The van der Waals surface area contributed by atoms with Crippen LogP contribution in [0.25, 0.3) is 0 Å². The second kappa shape index (κ2) is 7.30. The third kappa shape index (κ3) is 4.50. The van der Waals surface area contributed by atoms with Gasteiger partial charge in [-0.1, -0.05) is 25.8 Å². The maximum absolute atomic E-state index is 9.53. The van der Waals surface area contributed by atoms with Gasteiger partial charge in [0, 0.05) is 6.54 Å². The van der Waals surface area contributed by atoms with Crippen molar-refractivity contribution >= 4 is 15.9 Å². The number of phenols is 1. The fraction of sp³-hybridized carbons (Fsp3) is 0.625. The van der Waals surface area contributed by atoms with Crippen LogP contribution >= 0.6 is 15.9 Å². The van der Waals surface area contributed by atoms with Gasteiger partial charge in [0.25, 0.3) is 0 Å². The van der Waals surface area contributed by atoms with E-state index in [4.69, 9.17) is 0 Å². The van der Waals surface area contributed by atoms with Crippen molar-refractivity contribution in [1.29, 1.82) is 0 Å². The predicted octanol–water partition coefficient (Wildman–Crippen LogP) is 4.56. The van der Waals surface area contributed by atoms with Crippen LogP contribution in [0.15, 0.2) is 22.7 Å². The topological polar surface area (TPSA) is 23.5 Å². The van der Waals surface area contributed by atoms with Crippen LogP contribution in [0, 0.1) is 5.92 Å². The Bertz CT molecular complexity index is 408. The largest absolute Gasteiger partial charge is 0.507 e. The lowest BCUT2D eigenvalue weighted by molar-refractivity contribution is 0.271. The molecular formula is C16H24BrNO. The van der Waals surface area contributed by atoms with E-state index < -0.39 is 0 Å². The summed E-state index contributed by atoms with van der Waals surface area (Å²) in [4.78, 5) is 2.55. The zero-order chi connectivity index (χ0) is 13.7. The van der Waals surface area contributed by atoms with Gasteiger partial charge in [-0.15, -0.1) is 0 Å². The number of rotatable bonds is 4. The molecule has 1 aliphatic rings. The number of hydrogen-bond donors (Lipinski definition) is 1. The number of halogens is 1. The van der Waals surface area contributed by atoms with Gasteiger partial charge in [-0.2, -0.15) is 0 Å². The molecule has 2 rings (SSSR count). The molecule has 2 nitrogen and oxygen atoms in total. The van der Waals surface area contributed by atoms with Crippen molar-refractivity contribution in [1.82, 2.24) is 4.90 Å². The Morgan fingerprint density at radius 1 is 1.32 bits per heavy atom. The van der Waals surface area contributed by atoms with Crippen molar-refractivity contribution in [2.75, 3.05) is 13.1 Å². The number of hydrogen-bond acceptors (Lipinski definition) is 2. The lowest BCUT2D eigenvalue weighted by atomic mass is 9.96. The molecule has 1 atom stereocenters. The minimum Gasteiger partial charge on any atom is -0.507 e. The first-order chi connectivity index (χ1) is 9.19. The van der Waals surface area contributed by atoms with Gasteiger partial charge in [-0.05, 0) is 71.9 Å². The fourth-order valence-corrected chi connectivity index (χ4v) is 3.41. The molecule has 1 aromatic carbocycles. The summed E-state index contributed by atoms with van der Waals surface area (Å²) in [5, 5.41) is 9.53. The first-order valence-electron chi connectivity index (χ1n) is 7.38. The van der Waals surface area contributed by atoms with Crippen LogP contribution in [-0.4, -0.2) is 23.1 Å². The molecule has 1 N–H and O–H groups in total. The number of phenolic OH excluding ortho intramolecular Hbond substituents is 1. The summed E-state index contributed by atoms with van der Waals surface area (Å²) >= 11 is 3.39. The van der Waals surface area contributed by atoms with Crippen LogP contribution in [0.5, 0.6) is 5.75 Å². The summed E-state index contributed by atoms with van der Waals surface area (Å²) in [6.45, 7) is 5.70. The zero-order valence-corrected chi connectivity index (χ0v) is 13.3. The van der Waals surface area contributed by atoms with Gasteiger partial charge in [-0.3, -0.25) is 4.90 Å². The third-order valence-corrected chi connectivity index (χ3v) is 4.69. The maximum Gasteiger partial charge on any atom is 0.129 e. The van der Waals surface area contributed by atoms with Gasteiger partial charge in [0.1, 0.15) is 5.75 Å². The van der Waals surface area contributed by atoms with Crippen molar-refractivity contribution in [2.45, 2.75) is 45.6 Å². The summed E-state index contributed by atoms with van der Waals surface area (Å²) in [5.41, 5.74) is 1.28. The Morgan fingerprint density at radius 2 is 2.16 bits per heavy atom. The van der Waals surface area contributed by atoms with Crippen LogP contribution in [0.4, 0.5) is 0 Å². The molecule has 0 aromatic heterocycles. The molecule has 0 bridgehead atoms. The van der Waals surface area contributed by atoms with Crippen molar-refractivity contribution in [3.8, 4) is 5.75 Å². The van der Waals surface area contributed by atoms with E-state index in [2.05, 4.69) is 27.8 Å². The number of benzene rings is 1. The summed E-state index contributed by atoms with van der Waals surface area (Å²) in [6, 6.07) is 5.83. The number of aromatic hydroxyl groups is 1. The Labute approximate surface area is 124 Å². The molecule has 1 unspecified atom stereocenters. The predicted molar refractivity (Wildman–Crippen MR) is 83.3 cm³/mol. The first kappa shape index (κ1) is 14.9. The second-order valence-corrected chi connectivity index (χ2v) is 6.50. The highest BCUT2D eigenvalue weighted by molar-refractivity contribution is 9.10. The number of likely N-dealkylation sites (tertiary alicyclic amines) is 1. The molecule has 0 spiro atoms. The Hall–Kier alpha value is -0.540. The average molecular weight is 326 g/mol. The lowest BCUT2D eigenvalue weighted by Gasteiger charge is -2.20. The van der Waals surface area contributed by atoms with E-state index in [9.17, 15) is 5.11 Å². The average Bonchev–Trinajstić information content (AvgIpc) is 2.60. The molecular weight excluding hydrogens is 302 g/mol. The van der Waals surface area contributed by atoms with E-state index in [1.807, 2.05) is 12.1 Å². The molecule has 0 aliphatic carbocycles. The van der Waals surface area contributed by atoms with Crippen LogP contribution in [-0.2, 0) is 6.54 Å². The molecule has 1 heterocycles. The first-order valence-corrected chi connectivity index (χ1v) is 8.18. The van der Waals surface area contributed by atoms with Gasteiger partial charge in [-0.25, -0.2) is 0 Å². The van der Waals surface area contributed by atoms with E-state index in [0.717, 1.165) is 16.9 Å². The van der Waals surface area contributed by atoms with Gasteiger partial charge in [0.2, 0.25) is 0 Å². The molecule has 1 saturated heterocycles. The molecule has 106 valence electrons. The van der Waals surface area contributed by atoms with E-state index in [-0.39, 0.29) is 0 Å². The van der Waals surface area contributed by atoms with E-state index in [0.29, 0.717) is 5.75 Å². The third-order valence-electron chi connectivity index (χ3n) is 4.06. The van der Waals surface area contributed by atoms with Crippen LogP contribution in [0.2, 0.25) is 0 Å².